The van der Waals surface area contributed by atoms with Crippen LogP contribution >= 0.6 is 11.3 Å². The lowest BCUT2D eigenvalue weighted by Crippen LogP contribution is -2.54. The van der Waals surface area contributed by atoms with Crippen LogP contribution in [0.1, 0.15) is 29.4 Å². The van der Waals surface area contributed by atoms with Gasteiger partial charge in [-0.25, -0.2) is 0 Å². The zero-order chi connectivity index (χ0) is 20.9. The number of unbranched alkanes of at least 4 members (excludes halogenated alkanes) is 1. The van der Waals surface area contributed by atoms with Crippen molar-refractivity contribution in [3.05, 3.63) is 35.2 Å². The van der Waals surface area contributed by atoms with Gasteiger partial charge < -0.3 is 9.80 Å². The van der Waals surface area contributed by atoms with Gasteiger partial charge in [0.1, 0.15) is 0 Å². The van der Waals surface area contributed by atoms with Crippen LogP contribution < -0.4 is 0 Å². The fraction of sp³-hybridized carbons (Fsp3) is 0.565. The molecule has 0 saturated carbocycles. The molecular weight excluding hydrogens is 396 g/mol. The van der Waals surface area contributed by atoms with Crippen LogP contribution in [0.5, 0.6) is 0 Å². The highest BCUT2D eigenvalue weighted by Crippen LogP contribution is 2.26. The molecule has 0 radical (unpaired) electrons. The topological polar surface area (TPSA) is 47.1 Å². The quantitative estimate of drug-likeness (QED) is 0.710. The van der Waals surface area contributed by atoms with Gasteiger partial charge in [-0.1, -0.05) is 31.5 Å². The van der Waals surface area contributed by atoms with Crippen molar-refractivity contribution in [2.75, 3.05) is 65.4 Å². The van der Waals surface area contributed by atoms with Crippen LogP contribution in [-0.2, 0) is 4.79 Å². The predicted molar refractivity (Wildman–Crippen MR) is 122 cm³/mol. The summed E-state index contributed by atoms with van der Waals surface area (Å²) in [5.74, 6) is 0.347. The zero-order valence-electron chi connectivity index (χ0n) is 17.9. The van der Waals surface area contributed by atoms with Crippen molar-refractivity contribution in [1.82, 2.24) is 19.6 Å². The van der Waals surface area contributed by atoms with Crippen LogP contribution in [0.4, 0.5) is 0 Å². The second-order valence-corrected chi connectivity index (χ2v) is 9.38. The first-order valence-electron chi connectivity index (χ1n) is 11.1. The van der Waals surface area contributed by atoms with Crippen molar-refractivity contribution in [3.63, 3.8) is 0 Å². The molecular formula is C23H32N4O2S. The zero-order valence-corrected chi connectivity index (χ0v) is 18.7. The first-order valence-corrected chi connectivity index (χ1v) is 12.0. The number of amides is 2. The Morgan fingerprint density at radius 2 is 1.57 bits per heavy atom. The number of nitrogens with zero attached hydrogens (tertiary/aromatic N) is 4. The number of piperazine rings is 2. The molecule has 1 aromatic heterocycles. The second-order valence-electron chi connectivity index (χ2n) is 8.29. The van der Waals surface area contributed by atoms with E-state index in [1.807, 2.05) is 28.0 Å². The SMILES string of the molecule is CCCCN1CCN(C(=O)CN2CCN(C(=O)c3cc4ccccc4s3)CC2)CC1. The molecule has 2 amide bonds. The Hall–Kier alpha value is -1.96. The molecule has 162 valence electrons. The largest absolute Gasteiger partial charge is 0.339 e. The Kier molecular flexibility index (Phi) is 7.02. The summed E-state index contributed by atoms with van der Waals surface area (Å²) in [4.78, 5) is 35.0. The van der Waals surface area contributed by atoms with Gasteiger partial charge in [0, 0.05) is 57.1 Å². The lowest BCUT2D eigenvalue weighted by Gasteiger charge is -2.38. The summed E-state index contributed by atoms with van der Waals surface area (Å²) in [7, 11) is 0. The molecule has 0 N–H and O–H groups in total. The monoisotopic (exact) mass is 428 g/mol. The van der Waals surface area contributed by atoms with Crippen molar-refractivity contribution in [2.24, 2.45) is 0 Å². The number of fused-ring (bicyclic) bond motifs is 1. The number of thiophene rings is 1. The van der Waals surface area contributed by atoms with E-state index in [-0.39, 0.29) is 11.8 Å². The molecule has 0 aliphatic carbocycles. The third-order valence-corrected chi connectivity index (χ3v) is 7.31. The summed E-state index contributed by atoms with van der Waals surface area (Å²) < 4.78 is 1.15. The molecule has 0 bridgehead atoms. The maximum absolute atomic E-state index is 12.9. The van der Waals surface area contributed by atoms with E-state index in [1.54, 1.807) is 11.3 Å². The molecule has 2 fully saturated rings. The third-order valence-electron chi connectivity index (χ3n) is 6.21. The molecule has 2 aliphatic rings. The molecule has 0 spiro atoms. The van der Waals surface area contributed by atoms with Crippen LogP contribution in [-0.4, -0.2) is 96.9 Å². The average molecular weight is 429 g/mol. The standard InChI is InChI=1S/C23H32N4O2S/c1-2-3-8-24-9-13-26(14-10-24)22(28)18-25-11-15-27(16-12-25)23(29)21-17-19-6-4-5-7-20(19)30-21/h4-7,17H,2-3,8-16,18H2,1H3. The fourth-order valence-corrected chi connectivity index (χ4v) is 5.28. The number of benzene rings is 1. The number of carbonyl (C=O) groups is 2. The average Bonchev–Trinajstić information content (AvgIpc) is 3.22. The van der Waals surface area contributed by atoms with Gasteiger partial charge in [0.05, 0.1) is 11.4 Å². The molecule has 2 aromatic rings. The summed E-state index contributed by atoms with van der Waals surface area (Å²) >= 11 is 1.56. The first-order chi connectivity index (χ1) is 14.6. The number of hydrogen-bond donors (Lipinski definition) is 0. The van der Waals surface area contributed by atoms with Crippen molar-refractivity contribution >= 4 is 33.2 Å². The summed E-state index contributed by atoms with van der Waals surface area (Å²) in [5, 5.41) is 1.13. The molecule has 7 heteroatoms. The fourth-order valence-electron chi connectivity index (χ4n) is 4.25. The van der Waals surface area contributed by atoms with Gasteiger partial charge in [-0.2, -0.15) is 0 Å². The Bertz CT molecular complexity index is 834. The second kappa shape index (κ2) is 9.90. The Morgan fingerprint density at radius 3 is 2.27 bits per heavy atom. The highest BCUT2D eigenvalue weighted by molar-refractivity contribution is 7.20. The molecule has 1 aromatic carbocycles. The Balaban J connectivity index is 1.22. The first kappa shape index (κ1) is 21.3. The van der Waals surface area contributed by atoms with E-state index in [0.717, 1.165) is 60.8 Å². The van der Waals surface area contributed by atoms with Gasteiger partial charge in [-0.15, -0.1) is 11.3 Å². The van der Waals surface area contributed by atoms with Gasteiger partial charge in [-0.3, -0.25) is 19.4 Å². The normalized spacial score (nSPS) is 18.8. The summed E-state index contributed by atoms with van der Waals surface area (Å²) in [6.07, 6.45) is 2.45. The van der Waals surface area contributed by atoms with E-state index >= 15 is 0 Å². The number of hydrogen-bond acceptors (Lipinski definition) is 5. The van der Waals surface area contributed by atoms with E-state index in [9.17, 15) is 9.59 Å². The van der Waals surface area contributed by atoms with Crippen molar-refractivity contribution in [3.8, 4) is 0 Å². The van der Waals surface area contributed by atoms with Crippen LogP contribution in [0.25, 0.3) is 10.1 Å². The van der Waals surface area contributed by atoms with Crippen molar-refractivity contribution in [2.45, 2.75) is 19.8 Å². The van der Waals surface area contributed by atoms with Gasteiger partial charge in [0.25, 0.3) is 5.91 Å². The highest BCUT2D eigenvalue weighted by atomic mass is 32.1. The number of carbonyl (C=O) groups excluding carboxylic acids is 2. The molecule has 3 heterocycles. The van der Waals surface area contributed by atoms with E-state index < -0.39 is 0 Å². The molecule has 0 atom stereocenters. The lowest BCUT2D eigenvalue weighted by atomic mass is 10.2. The third kappa shape index (κ3) is 5.02. The molecule has 4 rings (SSSR count). The minimum Gasteiger partial charge on any atom is -0.339 e. The summed E-state index contributed by atoms with van der Waals surface area (Å²) in [6, 6.07) is 10.1. The van der Waals surface area contributed by atoms with Crippen LogP contribution in [0.15, 0.2) is 30.3 Å². The molecule has 6 nitrogen and oxygen atoms in total. The Morgan fingerprint density at radius 1 is 0.900 bits per heavy atom. The van der Waals surface area contributed by atoms with Crippen molar-refractivity contribution in [1.29, 1.82) is 0 Å². The van der Waals surface area contributed by atoms with Crippen LogP contribution in [0.3, 0.4) is 0 Å². The summed E-state index contributed by atoms with van der Waals surface area (Å²) in [6.45, 7) is 10.4. The van der Waals surface area contributed by atoms with E-state index in [0.29, 0.717) is 19.6 Å². The number of rotatable bonds is 6. The molecule has 2 saturated heterocycles. The molecule has 30 heavy (non-hydrogen) atoms. The lowest BCUT2D eigenvalue weighted by molar-refractivity contribution is -0.134. The maximum Gasteiger partial charge on any atom is 0.264 e. The van der Waals surface area contributed by atoms with E-state index in [2.05, 4.69) is 28.9 Å². The minimum absolute atomic E-state index is 0.116. The smallest absolute Gasteiger partial charge is 0.264 e. The van der Waals surface area contributed by atoms with Gasteiger partial charge >= 0.3 is 0 Å². The van der Waals surface area contributed by atoms with Crippen LogP contribution in [0.2, 0.25) is 0 Å². The van der Waals surface area contributed by atoms with Gasteiger partial charge in [0.15, 0.2) is 0 Å². The maximum atomic E-state index is 12.9. The summed E-state index contributed by atoms with van der Waals surface area (Å²) in [5.41, 5.74) is 0. The highest BCUT2D eigenvalue weighted by Gasteiger charge is 2.27. The van der Waals surface area contributed by atoms with Crippen molar-refractivity contribution < 1.29 is 9.59 Å². The Labute approximate surface area is 183 Å². The van der Waals surface area contributed by atoms with Gasteiger partial charge in [-0.05, 0) is 30.5 Å². The van der Waals surface area contributed by atoms with E-state index in [4.69, 9.17) is 0 Å². The predicted octanol–water partition coefficient (Wildman–Crippen LogP) is 2.60. The minimum atomic E-state index is 0.116. The molecule has 2 aliphatic heterocycles. The molecule has 0 unspecified atom stereocenters. The van der Waals surface area contributed by atoms with Crippen LogP contribution in [0, 0.1) is 0 Å². The van der Waals surface area contributed by atoms with Gasteiger partial charge in [0.2, 0.25) is 5.91 Å². The van der Waals surface area contributed by atoms with E-state index in [1.165, 1.54) is 12.8 Å².